The number of amides is 1. The van der Waals surface area contributed by atoms with Crippen LogP contribution < -0.4 is 5.32 Å². The van der Waals surface area contributed by atoms with Crippen LogP contribution in [0.15, 0.2) is 36.4 Å². The van der Waals surface area contributed by atoms with E-state index in [1.165, 1.54) is 12.1 Å². The number of carbonyl (C=O) groups excluding carboxylic acids is 2. The molecule has 2 rings (SSSR count). The summed E-state index contributed by atoms with van der Waals surface area (Å²) < 4.78 is 64.6. The number of nitrogens with one attached hydrogen (secondary N) is 1. The lowest BCUT2D eigenvalue weighted by Crippen LogP contribution is -2.44. The van der Waals surface area contributed by atoms with Gasteiger partial charge in [-0.2, -0.15) is 13.2 Å². The molecule has 0 spiro atoms. The lowest BCUT2D eigenvalue weighted by Gasteiger charge is -2.25. The van der Waals surface area contributed by atoms with E-state index in [9.17, 15) is 31.2 Å². The van der Waals surface area contributed by atoms with Crippen LogP contribution in [0.4, 0.5) is 13.2 Å². The molecule has 0 aromatic heterocycles. The molecule has 0 aliphatic carbocycles. The first kappa shape index (κ1) is 20.9. The smallest absolute Gasteiger partial charge is 0.416 e. The summed E-state index contributed by atoms with van der Waals surface area (Å²) in [6, 6.07) is 3.77. The Labute approximate surface area is 154 Å². The van der Waals surface area contributed by atoms with E-state index in [0.29, 0.717) is 5.56 Å². The monoisotopic (exact) mass is 405 g/mol. The summed E-state index contributed by atoms with van der Waals surface area (Å²) in [6.45, 7) is 5.04. The van der Waals surface area contributed by atoms with Crippen molar-refractivity contribution >= 4 is 21.7 Å². The molecular formula is C17H18F3NO5S. The van der Waals surface area contributed by atoms with Gasteiger partial charge < -0.3 is 10.1 Å². The summed E-state index contributed by atoms with van der Waals surface area (Å²) in [6.07, 6.45) is -5.54. The number of rotatable bonds is 6. The zero-order chi connectivity index (χ0) is 20.4. The molecule has 1 saturated heterocycles. The first-order valence-corrected chi connectivity index (χ1v) is 9.75. The first-order valence-electron chi connectivity index (χ1n) is 7.93. The molecule has 10 heteroatoms. The Bertz CT molecular complexity index is 834. The number of carbonyl (C=O) groups is 2. The van der Waals surface area contributed by atoms with Crippen LogP contribution in [-0.4, -0.2) is 37.9 Å². The second kappa shape index (κ2) is 7.71. The van der Waals surface area contributed by atoms with E-state index in [1.54, 1.807) is 6.92 Å². The molecule has 148 valence electrons. The number of hydrogen-bond donors (Lipinski definition) is 1. The fourth-order valence-electron chi connectivity index (χ4n) is 2.42. The maximum atomic E-state index is 12.6. The van der Waals surface area contributed by atoms with Crippen LogP contribution in [-0.2, 0) is 30.3 Å². The quantitative estimate of drug-likeness (QED) is 0.579. The van der Waals surface area contributed by atoms with Gasteiger partial charge in [0.2, 0.25) is 5.91 Å². The van der Waals surface area contributed by atoms with E-state index in [-0.39, 0.29) is 23.5 Å². The molecule has 1 aliphatic rings. The molecule has 1 aliphatic heterocycles. The normalized spacial score (nSPS) is 17.5. The van der Waals surface area contributed by atoms with E-state index in [2.05, 4.69) is 11.9 Å². The number of benzene rings is 1. The average Bonchev–Trinajstić information content (AvgIpc) is 2.52. The number of esters is 1. The maximum Gasteiger partial charge on any atom is 0.416 e. The van der Waals surface area contributed by atoms with E-state index >= 15 is 0 Å². The summed E-state index contributed by atoms with van der Waals surface area (Å²) in [5.74, 6) is -1.91. The highest BCUT2D eigenvalue weighted by molar-refractivity contribution is 7.92. The van der Waals surface area contributed by atoms with Crippen LogP contribution in [0, 0.1) is 0 Å². The molecular weight excluding hydrogens is 387 g/mol. The number of hydrogen-bond acceptors (Lipinski definition) is 5. The Morgan fingerprint density at radius 2 is 1.81 bits per heavy atom. The van der Waals surface area contributed by atoms with Crippen molar-refractivity contribution in [3.63, 3.8) is 0 Å². The van der Waals surface area contributed by atoms with Crippen molar-refractivity contribution in [1.29, 1.82) is 0 Å². The summed E-state index contributed by atoms with van der Waals surface area (Å²) in [4.78, 5) is 23.8. The largest absolute Gasteiger partial charge is 0.457 e. The minimum atomic E-state index is -4.44. The van der Waals surface area contributed by atoms with E-state index in [0.717, 1.165) is 12.1 Å². The number of ether oxygens (including phenoxy) is 1. The molecule has 0 radical (unpaired) electrons. The van der Waals surface area contributed by atoms with Gasteiger partial charge in [0.05, 0.1) is 29.5 Å². The van der Waals surface area contributed by atoms with Gasteiger partial charge in [-0.05, 0) is 24.6 Å². The standard InChI is InChI=1S/C17H18F3NO5S/c1-10(16(23)26-14-8-27(24,25)9-14)7-15(22)21-11(2)12-3-5-13(6-4-12)17(18,19)20/h3-6,11,14H,1,7-9H2,2H3,(H,21,22)/t11-/m0/s1. The Balaban J connectivity index is 1.83. The van der Waals surface area contributed by atoms with Crippen molar-refractivity contribution in [1.82, 2.24) is 5.32 Å². The Hall–Kier alpha value is -2.36. The fraction of sp³-hybridized carbons (Fsp3) is 0.412. The van der Waals surface area contributed by atoms with Crippen LogP contribution in [0.1, 0.15) is 30.5 Å². The van der Waals surface area contributed by atoms with Crippen molar-refractivity contribution in [3.8, 4) is 0 Å². The van der Waals surface area contributed by atoms with Crippen molar-refractivity contribution in [2.24, 2.45) is 0 Å². The predicted octanol–water partition coefficient (Wildman–Crippen LogP) is 2.17. The summed E-state index contributed by atoms with van der Waals surface area (Å²) in [5, 5.41) is 2.55. The van der Waals surface area contributed by atoms with Crippen LogP contribution in [0.5, 0.6) is 0 Å². The minimum absolute atomic E-state index is 0.142. The molecule has 1 N–H and O–H groups in total. The number of sulfone groups is 1. The van der Waals surface area contributed by atoms with Gasteiger partial charge >= 0.3 is 12.1 Å². The lowest BCUT2D eigenvalue weighted by molar-refractivity contribution is -0.143. The zero-order valence-electron chi connectivity index (χ0n) is 14.4. The van der Waals surface area contributed by atoms with Crippen LogP contribution >= 0.6 is 0 Å². The van der Waals surface area contributed by atoms with Crippen LogP contribution in [0.3, 0.4) is 0 Å². The van der Waals surface area contributed by atoms with Crippen molar-refractivity contribution < 1.29 is 35.9 Å². The maximum absolute atomic E-state index is 12.6. The van der Waals surface area contributed by atoms with Crippen molar-refractivity contribution in [3.05, 3.63) is 47.5 Å². The molecule has 1 aromatic rings. The third-order valence-electron chi connectivity index (χ3n) is 3.93. The first-order chi connectivity index (χ1) is 12.4. The summed E-state index contributed by atoms with van der Waals surface area (Å²) >= 11 is 0. The highest BCUT2D eigenvalue weighted by Crippen LogP contribution is 2.29. The zero-order valence-corrected chi connectivity index (χ0v) is 15.2. The van der Waals surface area contributed by atoms with Gasteiger partial charge in [-0.1, -0.05) is 18.7 Å². The SMILES string of the molecule is C=C(CC(=O)N[C@@H](C)c1ccc(C(F)(F)F)cc1)C(=O)OC1CS(=O)(=O)C1. The minimum Gasteiger partial charge on any atom is -0.457 e. The third-order valence-corrected chi connectivity index (χ3v) is 5.69. The van der Waals surface area contributed by atoms with Gasteiger partial charge in [0.25, 0.3) is 0 Å². The van der Waals surface area contributed by atoms with Crippen molar-refractivity contribution in [2.75, 3.05) is 11.5 Å². The molecule has 0 bridgehead atoms. The van der Waals surface area contributed by atoms with Gasteiger partial charge in [0.1, 0.15) is 6.10 Å². The molecule has 1 amide bonds. The lowest BCUT2D eigenvalue weighted by atomic mass is 10.1. The topological polar surface area (TPSA) is 89.5 Å². The number of alkyl halides is 3. The Morgan fingerprint density at radius 1 is 1.26 bits per heavy atom. The van der Waals surface area contributed by atoms with E-state index in [4.69, 9.17) is 4.74 Å². The van der Waals surface area contributed by atoms with E-state index < -0.39 is 45.6 Å². The summed E-state index contributed by atoms with van der Waals surface area (Å²) in [7, 11) is -3.14. The highest BCUT2D eigenvalue weighted by atomic mass is 32.2. The molecule has 1 fully saturated rings. The molecule has 1 heterocycles. The molecule has 27 heavy (non-hydrogen) atoms. The highest BCUT2D eigenvalue weighted by Gasteiger charge is 2.36. The van der Waals surface area contributed by atoms with Crippen molar-refractivity contribution in [2.45, 2.75) is 31.7 Å². The summed E-state index contributed by atoms with van der Waals surface area (Å²) in [5.41, 5.74) is -0.473. The van der Waals surface area contributed by atoms with Gasteiger partial charge in [0.15, 0.2) is 9.84 Å². The van der Waals surface area contributed by atoms with Gasteiger partial charge in [-0.25, -0.2) is 13.2 Å². The Morgan fingerprint density at radius 3 is 2.30 bits per heavy atom. The molecule has 0 saturated carbocycles. The van der Waals surface area contributed by atoms with Gasteiger partial charge in [0, 0.05) is 5.57 Å². The molecule has 6 nitrogen and oxygen atoms in total. The average molecular weight is 405 g/mol. The molecule has 0 unspecified atom stereocenters. The predicted molar refractivity (Wildman–Crippen MR) is 90.3 cm³/mol. The third kappa shape index (κ3) is 5.81. The van der Waals surface area contributed by atoms with E-state index in [1.807, 2.05) is 0 Å². The Kier molecular flexibility index (Phi) is 5.98. The van der Waals surface area contributed by atoms with Gasteiger partial charge in [-0.15, -0.1) is 0 Å². The fourth-order valence-corrected chi connectivity index (χ4v) is 3.59. The molecule has 1 aromatic carbocycles. The van der Waals surface area contributed by atoms with Crippen LogP contribution in [0.2, 0.25) is 0 Å². The van der Waals surface area contributed by atoms with Crippen LogP contribution in [0.25, 0.3) is 0 Å². The second-order valence-electron chi connectivity index (χ2n) is 6.29. The molecule has 1 atom stereocenters. The number of halogens is 3. The van der Waals surface area contributed by atoms with Gasteiger partial charge in [-0.3, -0.25) is 4.79 Å². The second-order valence-corrected chi connectivity index (χ2v) is 8.45.